The molecule has 0 saturated heterocycles. The van der Waals surface area contributed by atoms with Crippen molar-refractivity contribution in [2.24, 2.45) is 0 Å². The summed E-state index contributed by atoms with van der Waals surface area (Å²) in [6.07, 6.45) is 0. The minimum absolute atomic E-state index is 0.0433. The molecule has 0 heterocycles. The Morgan fingerprint density at radius 2 is 0.677 bits per heavy atom. The SMILES string of the molecule is CC1(C)c2ccccc2-c2ccc(-c3ccc(N(c4ccc5c(c4)C(C)(C)c4cc(-c6ccc(-c7ccc(-c8ccccc8)cc7)cc6)ccc4-5)c4cccc5ccccc45)cc3)cc21. The van der Waals surface area contributed by atoms with E-state index in [2.05, 4.69) is 257 Å². The van der Waals surface area contributed by atoms with E-state index in [1.165, 1.54) is 105 Å². The maximum Gasteiger partial charge on any atom is 0.0540 e. The molecule has 0 atom stereocenters. The third-order valence-corrected chi connectivity index (χ3v) is 14.5. The zero-order chi connectivity index (χ0) is 43.9. The summed E-state index contributed by atoms with van der Waals surface area (Å²) in [5.74, 6) is 0. The summed E-state index contributed by atoms with van der Waals surface area (Å²) >= 11 is 0. The highest BCUT2D eigenvalue weighted by Gasteiger charge is 2.37. The van der Waals surface area contributed by atoms with Crippen molar-refractivity contribution in [2.45, 2.75) is 38.5 Å². The summed E-state index contributed by atoms with van der Waals surface area (Å²) in [5, 5.41) is 2.45. The number of nitrogens with zero attached hydrogens (tertiary/aromatic N) is 1. The van der Waals surface area contributed by atoms with Crippen LogP contribution in [-0.4, -0.2) is 0 Å². The molecule has 0 spiro atoms. The lowest BCUT2D eigenvalue weighted by atomic mass is 9.81. The lowest BCUT2D eigenvalue weighted by molar-refractivity contribution is 0.660. The molecule has 0 N–H and O–H groups in total. The van der Waals surface area contributed by atoms with Crippen LogP contribution in [0.15, 0.2) is 224 Å². The van der Waals surface area contributed by atoms with Crippen LogP contribution in [0.25, 0.3) is 77.5 Å². The van der Waals surface area contributed by atoms with Crippen molar-refractivity contribution in [1.29, 1.82) is 0 Å². The first-order valence-corrected chi connectivity index (χ1v) is 22.9. The number of benzene rings is 10. The van der Waals surface area contributed by atoms with Crippen LogP contribution >= 0.6 is 0 Å². The number of hydrogen-bond acceptors (Lipinski definition) is 1. The predicted molar refractivity (Wildman–Crippen MR) is 276 cm³/mol. The predicted octanol–water partition coefficient (Wildman–Crippen LogP) is 17.6. The molecule has 10 aromatic carbocycles. The van der Waals surface area contributed by atoms with E-state index in [1.807, 2.05) is 0 Å². The van der Waals surface area contributed by atoms with Crippen LogP contribution in [0.3, 0.4) is 0 Å². The molecule has 2 aliphatic carbocycles. The second-order valence-corrected chi connectivity index (χ2v) is 18.9. The van der Waals surface area contributed by atoms with Crippen LogP contribution in [-0.2, 0) is 10.8 Å². The molecule has 0 unspecified atom stereocenters. The van der Waals surface area contributed by atoms with Crippen molar-refractivity contribution < 1.29 is 0 Å². The van der Waals surface area contributed by atoms with E-state index in [0.29, 0.717) is 0 Å². The van der Waals surface area contributed by atoms with Crippen LogP contribution in [0.4, 0.5) is 17.1 Å². The average molecular weight is 832 g/mol. The van der Waals surface area contributed by atoms with Gasteiger partial charge in [-0.25, -0.2) is 0 Å². The number of anilines is 3. The van der Waals surface area contributed by atoms with E-state index in [0.717, 1.165) is 11.4 Å². The highest BCUT2D eigenvalue weighted by Crippen LogP contribution is 2.53. The third-order valence-electron chi connectivity index (χ3n) is 14.5. The van der Waals surface area contributed by atoms with Crippen molar-refractivity contribution in [1.82, 2.24) is 0 Å². The molecular formula is C64H49N. The lowest BCUT2D eigenvalue weighted by Crippen LogP contribution is -2.17. The molecule has 310 valence electrons. The van der Waals surface area contributed by atoms with Crippen LogP contribution in [0.2, 0.25) is 0 Å². The standard InChI is InChI=1S/C64H49N/c1-63(2)58-19-11-10-18-54(58)55-36-31-50(39-59(55)63)47-29-33-51(34-30-47)65(62-20-12-16-48-15-8-9-17-53(48)62)52-35-38-57-56-37-32-49(40-60(56)64(3,4)61(57)41-52)46-27-25-45(26-28-46)44-23-21-43(22-24-44)42-13-6-5-7-14-42/h5-41H,1-4H3. The molecule has 0 aliphatic heterocycles. The fourth-order valence-electron chi connectivity index (χ4n) is 10.9. The number of hydrogen-bond donors (Lipinski definition) is 0. The zero-order valence-electron chi connectivity index (χ0n) is 37.3. The van der Waals surface area contributed by atoms with Crippen molar-refractivity contribution in [3.63, 3.8) is 0 Å². The Labute approximate surface area is 383 Å². The van der Waals surface area contributed by atoms with Gasteiger partial charge in [0.2, 0.25) is 0 Å². The van der Waals surface area contributed by atoms with Crippen molar-refractivity contribution >= 4 is 27.8 Å². The summed E-state index contributed by atoms with van der Waals surface area (Å²) < 4.78 is 0. The van der Waals surface area contributed by atoms with E-state index >= 15 is 0 Å². The lowest BCUT2D eigenvalue weighted by Gasteiger charge is -2.29. The van der Waals surface area contributed by atoms with Gasteiger partial charge in [0.25, 0.3) is 0 Å². The maximum atomic E-state index is 2.45. The first-order chi connectivity index (χ1) is 31.7. The summed E-state index contributed by atoms with van der Waals surface area (Å²) in [7, 11) is 0. The third kappa shape index (κ3) is 6.37. The first kappa shape index (κ1) is 38.9. The van der Waals surface area contributed by atoms with Crippen LogP contribution in [0.5, 0.6) is 0 Å². The topological polar surface area (TPSA) is 3.24 Å². The highest BCUT2D eigenvalue weighted by atomic mass is 15.1. The van der Waals surface area contributed by atoms with Gasteiger partial charge < -0.3 is 4.90 Å². The smallest absolute Gasteiger partial charge is 0.0540 e. The average Bonchev–Trinajstić information content (AvgIpc) is 3.73. The van der Waals surface area contributed by atoms with Crippen molar-refractivity contribution in [3.8, 4) is 66.8 Å². The molecule has 0 saturated carbocycles. The van der Waals surface area contributed by atoms with Gasteiger partial charge in [-0.05, 0) is 137 Å². The second-order valence-electron chi connectivity index (χ2n) is 18.9. The van der Waals surface area contributed by atoms with Gasteiger partial charge in [0.15, 0.2) is 0 Å². The molecule has 1 nitrogen and oxygen atoms in total. The van der Waals surface area contributed by atoms with E-state index in [1.54, 1.807) is 0 Å². The maximum absolute atomic E-state index is 2.45. The van der Waals surface area contributed by atoms with Crippen molar-refractivity contribution in [3.05, 3.63) is 247 Å². The van der Waals surface area contributed by atoms with Gasteiger partial charge in [-0.2, -0.15) is 0 Å². The van der Waals surface area contributed by atoms with Gasteiger partial charge in [0, 0.05) is 27.6 Å². The minimum Gasteiger partial charge on any atom is -0.310 e. The molecule has 0 fully saturated rings. The van der Waals surface area contributed by atoms with E-state index in [9.17, 15) is 0 Å². The van der Waals surface area contributed by atoms with Gasteiger partial charge in [-0.1, -0.05) is 210 Å². The summed E-state index contributed by atoms with van der Waals surface area (Å²) in [4.78, 5) is 2.45. The fourth-order valence-corrected chi connectivity index (χ4v) is 10.9. The Morgan fingerprint density at radius 3 is 1.29 bits per heavy atom. The summed E-state index contributed by atoms with van der Waals surface area (Å²) in [6, 6.07) is 83.2. The van der Waals surface area contributed by atoms with E-state index in [4.69, 9.17) is 0 Å². The Balaban J connectivity index is 0.877. The summed E-state index contributed by atoms with van der Waals surface area (Å²) in [5.41, 5.74) is 23.9. The Kier molecular flexibility index (Phi) is 8.94. The first-order valence-electron chi connectivity index (χ1n) is 22.9. The molecule has 0 bridgehead atoms. The van der Waals surface area contributed by atoms with Gasteiger partial charge in [0.05, 0.1) is 5.69 Å². The molecule has 10 aromatic rings. The van der Waals surface area contributed by atoms with Crippen LogP contribution < -0.4 is 4.90 Å². The molecule has 65 heavy (non-hydrogen) atoms. The molecule has 12 rings (SSSR count). The Morgan fingerprint density at radius 1 is 0.277 bits per heavy atom. The van der Waals surface area contributed by atoms with Gasteiger partial charge >= 0.3 is 0 Å². The Bertz CT molecular complexity index is 3440. The molecule has 2 aliphatic rings. The van der Waals surface area contributed by atoms with E-state index in [-0.39, 0.29) is 10.8 Å². The zero-order valence-corrected chi connectivity index (χ0v) is 37.3. The molecule has 0 radical (unpaired) electrons. The Hall–Kier alpha value is -7.74. The van der Waals surface area contributed by atoms with Gasteiger partial charge in [0.1, 0.15) is 0 Å². The van der Waals surface area contributed by atoms with E-state index < -0.39 is 0 Å². The fraction of sp³-hybridized carbons (Fsp3) is 0.0938. The largest absolute Gasteiger partial charge is 0.310 e. The monoisotopic (exact) mass is 831 g/mol. The molecule has 0 aromatic heterocycles. The number of rotatable bonds is 7. The van der Waals surface area contributed by atoms with Crippen LogP contribution in [0.1, 0.15) is 49.9 Å². The van der Waals surface area contributed by atoms with Crippen molar-refractivity contribution in [2.75, 3.05) is 4.90 Å². The summed E-state index contributed by atoms with van der Waals surface area (Å²) in [6.45, 7) is 9.49. The highest BCUT2D eigenvalue weighted by molar-refractivity contribution is 6.00. The molecule has 0 amide bonds. The molecule has 1 heteroatoms. The normalized spacial score (nSPS) is 13.8. The minimum atomic E-state index is -0.202. The van der Waals surface area contributed by atoms with Gasteiger partial charge in [-0.3, -0.25) is 0 Å². The quantitative estimate of drug-likeness (QED) is 0.155. The number of fused-ring (bicyclic) bond motifs is 7. The molecular weight excluding hydrogens is 783 g/mol. The van der Waals surface area contributed by atoms with Crippen LogP contribution in [0, 0.1) is 0 Å². The van der Waals surface area contributed by atoms with Gasteiger partial charge in [-0.15, -0.1) is 0 Å². The second kappa shape index (κ2) is 14.9.